The number of pyridine rings is 1. The molecule has 0 amide bonds. The summed E-state index contributed by atoms with van der Waals surface area (Å²) in [6.45, 7) is 0. The standard InChI is InChI=1S/C12H6Br2N2O5/c13-8-3-6(16(19)20)4-9(14)11(8)21-10-5-15-2-1-7(10)12(17)18/h1-5H,(H,17,18). The molecule has 1 aromatic heterocycles. The molecule has 0 saturated carbocycles. The molecule has 0 atom stereocenters. The van der Waals surface area contributed by atoms with Crippen molar-refractivity contribution in [2.24, 2.45) is 0 Å². The van der Waals surface area contributed by atoms with Gasteiger partial charge in [0.15, 0.2) is 11.5 Å². The molecule has 0 radical (unpaired) electrons. The van der Waals surface area contributed by atoms with Gasteiger partial charge in [-0.3, -0.25) is 15.1 Å². The Kier molecular flexibility index (Phi) is 4.53. The first kappa shape index (κ1) is 15.4. The van der Waals surface area contributed by atoms with Gasteiger partial charge in [-0.1, -0.05) is 0 Å². The number of non-ortho nitro benzene ring substituents is 1. The van der Waals surface area contributed by atoms with E-state index in [9.17, 15) is 14.9 Å². The minimum Gasteiger partial charge on any atom is -0.478 e. The van der Waals surface area contributed by atoms with Crippen molar-refractivity contribution >= 4 is 43.5 Å². The van der Waals surface area contributed by atoms with E-state index in [0.717, 1.165) is 0 Å². The van der Waals surface area contributed by atoms with E-state index in [1.54, 1.807) is 0 Å². The summed E-state index contributed by atoms with van der Waals surface area (Å²) in [5.41, 5.74) is -0.201. The summed E-state index contributed by atoms with van der Waals surface area (Å²) in [6, 6.07) is 3.82. The summed E-state index contributed by atoms with van der Waals surface area (Å²) in [4.78, 5) is 25.1. The smallest absolute Gasteiger partial charge is 0.339 e. The Morgan fingerprint density at radius 1 is 1.33 bits per heavy atom. The quantitative estimate of drug-likeness (QED) is 0.595. The van der Waals surface area contributed by atoms with Gasteiger partial charge in [-0.15, -0.1) is 0 Å². The summed E-state index contributed by atoms with van der Waals surface area (Å²) < 4.78 is 6.13. The van der Waals surface area contributed by atoms with Crippen molar-refractivity contribution in [1.29, 1.82) is 0 Å². The predicted octanol–water partition coefficient (Wildman–Crippen LogP) is 4.01. The van der Waals surface area contributed by atoms with Gasteiger partial charge in [-0.2, -0.15) is 0 Å². The number of hydrogen-bond donors (Lipinski definition) is 1. The van der Waals surface area contributed by atoms with Crippen LogP contribution in [0, 0.1) is 10.1 Å². The van der Waals surface area contributed by atoms with E-state index in [4.69, 9.17) is 9.84 Å². The zero-order chi connectivity index (χ0) is 15.6. The molecule has 0 aliphatic heterocycles. The largest absolute Gasteiger partial charge is 0.478 e. The minimum atomic E-state index is -1.17. The van der Waals surface area contributed by atoms with Gasteiger partial charge in [0.1, 0.15) is 5.56 Å². The van der Waals surface area contributed by atoms with E-state index in [-0.39, 0.29) is 22.7 Å². The molecule has 0 unspecified atom stereocenters. The lowest BCUT2D eigenvalue weighted by Gasteiger charge is -2.11. The van der Waals surface area contributed by atoms with Crippen LogP contribution < -0.4 is 4.74 Å². The molecule has 1 heterocycles. The highest BCUT2D eigenvalue weighted by molar-refractivity contribution is 9.11. The van der Waals surface area contributed by atoms with E-state index >= 15 is 0 Å². The van der Waals surface area contributed by atoms with Gasteiger partial charge in [0, 0.05) is 18.3 Å². The Morgan fingerprint density at radius 3 is 2.48 bits per heavy atom. The van der Waals surface area contributed by atoms with Gasteiger partial charge in [0.2, 0.25) is 0 Å². The minimum absolute atomic E-state index is 0.0280. The number of hydrogen-bond acceptors (Lipinski definition) is 5. The molecular formula is C12H6Br2N2O5. The van der Waals surface area contributed by atoms with Crippen LogP contribution in [0.5, 0.6) is 11.5 Å². The lowest BCUT2D eigenvalue weighted by molar-refractivity contribution is -0.385. The molecule has 0 saturated heterocycles. The maximum Gasteiger partial charge on any atom is 0.339 e. The van der Waals surface area contributed by atoms with Crippen LogP contribution in [0.2, 0.25) is 0 Å². The normalized spacial score (nSPS) is 10.2. The Hall–Kier alpha value is -2.00. The fourth-order valence-electron chi connectivity index (χ4n) is 1.50. The lowest BCUT2D eigenvalue weighted by atomic mass is 10.2. The highest BCUT2D eigenvalue weighted by Crippen LogP contribution is 2.40. The first-order valence-electron chi connectivity index (χ1n) is 5.38. The number of carbonyl (C=O) groups is 1. The topological polar surface area (TPSA) is 103 Å². The second-order valence-electron chi connectivity index (χ2n) is 3.77. The second-order valence-corrected chi connectivity index (χ2v) is 5.48. The third-order valence-corrected chi connectivity index (χ3v) is 3.60. The first-order chi connectivity index (χ1) is 9.90. The summed E-state index contributed by atoms with van der Waals surface area (Å²) >= 11 is 6.32. The van der Waals surface area contributed by atoms with Crippen LogP contribution in [0.1, 0.15) is 10.4 Å². The predicted molar refractivity (Wildman–Crippen MR) is 79.8 cm³/mol. The lowest BCUT2D eigenvalue weighted by Crippen LogP contribution is -2.01. The Bertz CT molecular complexity index is 712. The monoisotopic (exact) mass is 416 g/mol. The van der Waals surface area contributed by atoms with E-state index < -0.39 is 10.9 Å². The molecule has 1 aromatic carbocycles. The van der Waals surface area contributed by atoms with E-state index in [2.05, 4.69) is 36.8 Å². The maximum atomic E-state index is 11.1. The highest BCUT2D eigenvalue weighted by atomic mass is 79.9. The van der Waals surface area contributed by atoms with Crippen LogP contribution in [-0.2, 0) is 0 Å². The van der Waals surface area contributed by atoms with E-state index in [0.29, 0.717) is 8.95 Å². The number of nitrogens with zero attached hydrogens (tertiary/aromatic N) is 2. The number of carboxylic acids is 1. The third-order valence-electron chi connectivity index (χ3n) is 2.42. The average molecular weight is 418 g/mol. The Labute approximate surface area is 135 Å². The van der Waals surface area contributed by atoms with Gasteiger partial charge in [0.05, 0.1) is 20.1 Å². The molecule has 0 bridgehead atoms. The average Bonchev–Trinajstić information content (AvgIpc) is 2.42. The second kappa shape index (κ2) is 6.19. The summed E-state index contributed by atoms with van der Waals surface area (Å²) in [5.74, 6) is -0.919. The third kappa shape index (κ3) is 3.37. The van der Waals surface area contributed by atoms with Crippen LogP contribution >= 0.6 is 31.9 Å². The van der Waals surface area contributed by atoms with Gasteiger partial charge in [-0.05, 0) is 37.9 Å². The molecule has 2 rings (SSSR count). The Morgan fingerprint density at radius 2 is 1.95 bits per heavy atom. The molecule has 1 N–H and O–H groups in total. The number of rotatable bonds is 4. The summed E-state index contributed by atoms with van der Waals surface area (Å²) in [6.07, 6.45) is 2.58. The zero-order valence-electron chi connectivity index (χ0n) is 10.1. The summed E-state index contributed by atoms with van der Waals surface area (Å²) in [5, 5.41) is 19.8. The van der Waals surface area contributed by atoms with Crippen molar-refractivity contribution < 1.29 is 19.6 Å². The SMILES string of the molecule is O=C(O)c1ccncc1Oc1c(Br)cc([N+](=O)[O-])cc1Br. The van der Waals surface area contributed by atoms with Crippen LogP contribution in [0.4, 0.5) is 5.69 Å². The highest BCUT2D eigenvalue weighted by Gasteiger charge is 2.18. The number of halogens is 2. The molecule has 9 heteroatoms. The van der Waals surface area contributed by atoms with Crippen molar-refractivity contribution in [3.05, 3.63) is 55.2 Å². The number of aromatic carboxylic acids is 1. The molecule has 21 heavy (non-hydrogen) atoms. The number of benzene rings is 1. The molecule has 2 aromatic rings. The molecule has 0 aliphatic rings. The number of nitro benzene ring substituents is 1. The molecular weight excluding hydrogens is 412 g/mol. The van der Waals surface area contributed by atoms with Crippen molar-refractivity contribution in [3.63, 3.8) is 0 Å². The van der Waals surface area contributed by atoms with Gasteiger partial charge < -0.3 is 9.84 Å². The van der Waals surface area contributed by atoms with E-state index in [1.165, 1.54) is 30.6 Å². The molecule has 108 valence electrons. The van der Waals surface area contributed by atoms with Gasteiger partial charge >= 0.3 is 5.97 Å². The van der Waals surface area contributed by atoms with Crippen molar-refractivity contribution in [3.8, 4) is 11.5 Å². The van der Waals surface area contributed by atoms with Crippen LogP contribution in [-0.4, -0.2) is 21.0 Å². The summed E-state index contributed by atoms with van der Waals surface area (Å²) in [7, 11) is 0. The molecule has 0 spiro atoms. The molecule has 0 aliphatic carbocycles. The van der Waals surface area contributed by atoms with Crippen LogP contribution in [0.3, 0.4) is 0 Å². The zero-order valence-corrected chi connectivity index (χ0v) is 13.3. The number of nitro groups is 1. The fraction of sp³-hybridized carbons (Fsp3) is 0. The fourth-order valence-corrected chi connectivity index (χ4v) is 2.82. The van der Waals surface area contributed by atoms with Crippen molar-refractivity contribution in [2.45, 2.75) is 0 Å². The molecule has 0 fully saturated rings. The van der Waals surface area contributed by atoms with E-state index in [1.807, 2.05) is 0 Å². The van der Waals surface area contributed by atoms with Crippen LogP contribution in [0.15, 0.2) is 39.5 Å². The van der Waals surface area contributed by atoms with Gasteiger partial charge in [-0.25, -0.2) is 4.79 Å². The van der Waals surface area contributed by atoms with Gasteiger partial charge in [0.25, 0.3) is 5.69 Å². The molecule has 7 nitrogen and oxygen atoms in total. The van der Waals surface area contributed by atoms with Crippen LogP contribution in [0.25, 0.3) is 0 Å². The number of carboxylic acid groups (broad SMARTS) is 1. The first-order valence-corrected chi connectivity index (χ1v) is 6.97. The maximum absolute atomic E-state index is 11.1. The number of aromatic nitrogens is 1. The Balaban J connectivity index is 2.46. The van der Waals surface area contributed by atoms with Crippen molar-refractivity contribution in [1.82, 2.24) is 4.98 Å². The number of ether oxygens (including phenoxy) is 1. The van der Waals surface area contributed by atoms with Crippen molar-refractivity contribution in [2.75, 3.05) is 0 Å².